The van der Waals surface area contributed by atoms with Gasteiger partial charge in [0.1, 0.15) is 0 Å². The number of allylic oxidation sites excluding steroid dienone is 1. The Bertz CT molecular complexity index is 621. The number of rotatable bonds is 2. The molecule has 4 aliphatic carbocycles. The van der Waals surface area contributed by atoms with Gasteiger partial charge in [0.2, 0.25) is 0 Å². The molecule has 138 valence electrons. The van der Waals surface area contributed by atoms with Crippen molar-refractivity contribution in [2.24, 2.45) is 34.5 Å². The summed E-state index contributed by atoms with van der Waals surface area (Å²) in [7, 11) is 0. The molecule has 0 radical (unpaired) electrons. The van der Waals surface area contributed by atoms with E-state index in [9.17, 15) is 9.59 Å². The molecule has 3 saturated carbocycles. The summed E-state index contributed by atoms with van der Waals surface area (Å²) >= 11 is 0. The Kier molecular flexibility index (Phi) is 4.12. The molecule has 0 heterocycles. The Morgan fingerprint density at radius 1 is 1.12 bits per heavy atom. The molecule has 0 aromatic carbocycles. The molecule has 25 heavy (non-hydrogen) atoms. The Balaban J connectivity index is 1.57. The third kappa shape index (κ3) is 2.61. The van der Waals surface area contributed by atoms with Crippen molar-refractivity contribution >= 4 is 11.8 Å². The van der Waals surface area contributed by atoms with Crippen LogP contribution in [0.2, 0.25) is 0 Å². The van der Waals surface area contributed by atoms with Gasteiger partial charge in [-0.25, -0.2) is 0 Å². The highest BCUT2D eigenvalue weighted by Crippen LogP contribution is 2.66. The maximum atomic E-state index is 11.9. The summed E-state index contributed by atoms with van der Waals surface area (Å²) in [6, 6.07) is 0. The van der Waals surface area contributed by atoms with Crippen molar-refractivity contribution in [3.05, 3.63) is 11.6 Å². The summed E-state index contributed by atoms with van der Waals surface area (Å²) < 4.78 is 5.41. The van der Waals surface area contributed by atoms with Gasteiger partial charge in [-0.3, -0.25) is 9.59 Å². The molecule has 3 heteroatoms. The average molecular weight is 344 g/mol. The fourth-order valence-corrected chi connectivity index (χ4v) is 7.16. The predicted octanol–water partition coefficient (Wildman–Crippen LogP) is 4.70. The van der Waals surface area contributed by atoms with Gasteiger partial charge in [0.05, 0.1) is 6.61 Å². The van der Waals surface area contributed by atoms with Gasteiger partial charge in [-0.15, -0.1) is 0 Å². The molecule has 0 amide bonds. The highest BCUT2D eigenvalue weighted by atomic mass is 16.5. The number of fused-ring (bicyclic) bond motifs is 5. The zero-order valence-corrected chi connectivity index (χ0v) is 16.0. The first-order valence-electron chi connectivity index (χ1n) is 10.2. The number of ether oxygens (including phenoxy) is 1. The average Bonchev–Trinajstić information content (AvgIpc) is 2.90. The van der Waals surface area contributed by atoms with Crippen LogP contribution >= 0.6 is 0 Å². The minimum Gasteiger partial charge on any atom is -0.466 e. The second-order valence-corrected chi connectivity index (χ2v) is 9.59. The highest BCUT2D eigenvalue weighted by Gasteiger charge is 2.58. The first-order valence-corrected chi connectivity index (χ1v) is 10.2. The molecule has 0 spiro atoms. The van der Waals surface area contributed by atoms with Gasteiger partial charge in [0.25, 0.3) is 0 Å². The maximum absolute atomic E-state index is 11.9. The van der Waals surface area contributed by atoms with E-state index >= 15 is 0 Å². The Morgan fingerprint density at radius 3 is 2.68 bits per heavy atom. The van der Waals surface area contributed by atoms with Gasteiger partial charge < -0.3 is 4.74 Å². The molecule has 6 atom stereocenters. The van der Waals surface area contributed by atoms with E-state index in [1.54, 1.807) is 0 Å². The number of hydrogen-bond acceptors (Lipinski definition) is 3. The summed E-state index contributed by atoms with van der Waals surface area (Å²) in [6.45, 7) is 7.03. The lowest BCUT2D eigenvalue weighted by molar-refractivity contribution is -0.144. The first-order chi connectivity index (χ1) is 11.8. The minimum atomic E-state index is -0.146. The summed E-state index contributed by atoms with van der Waals surface area (Å²) in [6.07, 6.45) is 11.2. The third-order valence-corrected chi connectivity index (χ3v) is 8.65. The van der Waals surface area contributed by atoms with Gasteiger partial charge in [0, 0.05) is 13.3 Å². The van der Waals surface area contributed by atoms with Crippen LogP contribution in [0.3, 0.4) is 0 Å². The Hall–Kier alpha value is -1.12. The van der Waals surface area contributed by atoms with E-state index in [-0.39, 0.29) is 11.4 Å². The Morgan fingerprint density at radius 2 is 1.92 bits per heavy atom. The van der Waals surface area contributed by atoms with Crippen molar-refractivity contribution in [3.8, 4) is 0 Å². The van der Waals surface area contributed by atoms with Gasteiger partial charge in [-0.1, -0.05) is 19.4 Å². The summed E-state index contributed by atoms with van der Waals surface area (Å²) in [4.78, 5) is 23.2. The molecule has 3 fully saturated rings. The van der Waals surface area contributed by atoms with E-state index in [0.29, 0.717) is 23.7 Å². The van der Waals surface area contributed by atoms with Crippen LogP contribution in [0.1, 0.15) is 72.1 Å². The highest BCUT2D eigenvalue weighted by molar-refractivity contribution is 5.91. The van der Waals surface area contributed by atoms with Crippen molar-refractivity contribution in [3.63, 3.8) is 0 Å². The number of carbonyl (C=O) groups is 2. The van der Waals surface area contributed by atoms with Gasteiger partial charge in [-0.05, 0) is 85.5 Å². The molecule has 0 bridgehead atoms. The van der Waals surface area contributed by atoms with E-state index in [1.165, 1.54) is 44.6 Å². The number of carbonyl (C=O) groups excluding carboxylic acids is 2. The van der Waals surface area contributed by atoms with Crippen molar-refractivity contribution in [1.82, 2.24) is 0 Å². The van der Waals surface area contributed by atoms with Crippen molar-refractivity contribution < 1.29 is 14.3 Å². The molecular weight excluding hydrogens is 312 g/mol. The molecule has 0 aliphatic heterocycles. The van der Waals surface area contributed by atoms with E-state index in [2.05, 4.69) is 13.8 Å². The Labute approximate surface area is 151 Å². The van der Waals surface area contributed by atoms with E-state index in [0.717, 1.165) is 37.0 Å². The zero-order valence-electron chi connectivity index (χ0n) is 16.0. The monoisotopic (exact) mass is 344 g/mol. The van der Waals surface area contributed by atoms with Crippen molar-refractivity contribution in [1.29, 1.82) is 0 Å². The van der Waals surface area contributed by atoms with Crippen LogP contribution in [0.4, 0.5) is 0 Å². The second kappa shape index (κ2) is 5.96. The fourth-order valence-electron chi connectivity index (χ4n) is 7.16. The molecule has 0 aromatic rings. The van der Waals surface area contributed by atoms with Crippen LogP contribution in [-0.4, -0.2) is 18.4 Å². The number of hydrogen-bond donors (Lipinski definition) is 0. The second-order valence-electron chi connectivity index (χ2n) is 9.59. The first kappa shape index (κ1) is 17.3. The molecule has 4 aliphatic rings. The molecule has 0 aromatic heterocycles. The summed E-state index contributed by atoms with van der Waals surface area (Å²) in [5, 5.41) is 0. The normalized spacial score (nSPS) is 45.9. The van der Waals surface area contributed by atoms with Crippen LogP contribution in [0, 0.1) is 34.5 Å². The predicted molar refractivity (Wildman–Crippen MR) is 96.8 cm³/mol. The topological polar surface area (TPSA) is 43.4 Å². The molecule has 4 rings (SSSR count). The number of esters is 1. The molecule has 3 nitrogen and oxygen atoms in total. The lowest BCUT2D eigenvalue weighted by Gasteiger charge is -2.58. The van der Waals surface area contributed by atoms with E-state index in [4.69, 9.17) is 4.74 Å². The van der Waals surface area contributed by atoms with Crippen LogP contribution in [0.25, 0.3) is 0 Å². The molecule has 0 saturated heterocycles. The summed E-state index contributed by atoms with van der Waals surface area (Å²) in [5.74, 6) is 3.02. The minimum absolute atomic E-state index is 0.146. The maximum Gasteiger partial charge on any atom is 0.302 e. The fraction of sp³-hybridized carbons (Fsp3) is 0.818. The molecule has 6 unspecified atom stereocenters. The lowest BCUT2D eigenvalue weighted by Crippen LogP contribution is -2.50. The standard InChI is InChI=1S/C22H32O3/c1-14(23)25-13-16-5-7-19-18-6-4-15-12-17(24)8-10-21(15,2)20(18)9-11-22(16,19)3/h12,16,18-20H,4-11,13H2,1-3H3. The van der Waals surface area contributed by atoms with E-state index < -0.39 is 0 Å². The third-order valence-electron chi connectivity index (χ3n) is 8.65. The van der Waals surface area contributed by atoms with Crippen LogP contribution in [0.5, 0.6) is 0 Å². The van der Waals surface area contributed by atoms with Gasteiger partial charge in [0.15, 0.2) is 5.78 Å². The largest absolute Gasteiger partial charge is 0.466 e. The van der Waals surface area contributed by atoms with Gasteiger partial charge in [-0.2, -0.15) is 0 Å². The van der Waals surface area contributed by atoms with E-state index in [1.807, 2.05) is 6.08 Å². The molecule has 0 N–H and O–H groups in total. The van der Waals surface area contributed by atoms with Crippen molar-refractivity contribution in [2.75, 3.05) is 6.61 Å². The molecular formula is C22H32O3. The van der Waals surface area contributed by atoms with Crippen LogP contribution in [0.15, 0.2) is 11.6 Å². The summed E-state index contributed by atoms with van der Waals surface area (Å²) in [5.41, 5.74) is 2.04. The number of ketones is 1. The van der Waals surface area contributed by atoms with Crippen molar-refractivity contribution in [2.45, 2.75) is 72.1 Å². The van der Waals surface area contributed by atoms with Crippen LogP contribution < -0.4 is 0 Å². The lowest BCUT2D eigenvalue weighted by atomic mass is 9.47. The van der Waals surface area contributed by atoms with Gasteiger partial charge >= 0.3 is 5.97 Å². The quantitative estimate of drug-likeness (QED) is 0.682. The smallest absolute Gasteiger partial charge is 0.302 e. The van der Waals surface area contributed by atoms with Crippen LogP contribution in [-0.2, 0) is 14.3 Å². The SMILES string of the molecule is CC(=O)OCC1CCC2C3CCC4=CC(=O)CCC4(C)C3CCC12C. The zero-order chi connectivity index (χ0) is 17.8.